The summed E-state index contributed by atoms with van der Waals surface area (Å²) in [5.74, 6) is 0. The molecule has 12 heavy (non-hydrogen) atoms. The molecule has 0 rings (SSSR count). The van der Waals surface area contributed by atoms with Crippen LogP contribution in [0.1, 0.15) is 20.8 Å². The Labute approximate surface area is 72.1 Å². The Hall–Kier alpha value is -0.170. The lowest BCUT2D eigenvalue weighted by atomic mass is 10.2. The van der Waals surface area contributed by atoms with Gasteiger partial charge >= 0.3 is 0 Å². The van der Waals surface area contributed by atoms with Crippen LogP contribution in [0.3, 0.4) is 0 Å². The lowest BCUT2D eigenvalue weighted by molar-refractivity contribution is -0.0308. The summed E-state index contributed by atoms with van der Waals surface area (Å²) in [7, 11) is -4.39. The van der Waals surface area contributed by atoms with Gasteiger partial charge in [0.15, 0.2) is 0 Å². The van der Waals surface area contributed by atoms with Crippen LogP contribution in [0.4, 0.5) is 0 Å². The van der Waals surface area contributed by atoms with E-state index in [0.717, 1.165) is 0 Å². The average Bonchev–Trinajstić information content (AvgIpc) is 1.78. The second-order valence-corrected chi connectivity index (χ2v) is 4.97. The van der Waals surface area contributed by atoms with Crippen LogP contribution in [0, 0.1) is 0 Å². The van der Waals surface area contributed by atoms with Gasteiger partial charge in [0, 0.05) is 0 Å². The molecule has 74 valence electrons. The largest absolute Gasteiger partial charge is 0.373 e. The minimum absolute atomic E-state index is 0.428. The summed E-state index contributed by atoms with van der Waals surface area (Å²) in [6, 6.07) is 0. The van der Waals surface area contributed by atoms with Crippen LogP contribution < -0.4 is 0 Å². The molecular formula is C6H14O5S. The molecule has 0 saturated heterocycles. The third kappa shape index (κ3) is 5.48. The first kappa shape index (κ1) is 11.8. The van der Waals surface area contributed by atoms with Gasteiger partial charge in [-0.25, -0.2) is 0 Å². The van der Waals surface area contributed by atoms with Crippen molar-refractivity contribution in [1.82, 2.24) is 0 Å². The summed E-state index contributed by atoms with van der Waals surface area (Å²) in [5.41, 5.74) is -2.40. The second kappa shape index (κ2) is 3.69. The predicted octanol–water partition coefficient (Wildman–Crippen LogP) is 0.00770. The summed E-state index contributed by atoms with van der Waals surface area (Å²) in [4.78, 5) is 0. The Kier molecular flexibility index (Phi) is 3.64. The molecule has 0 fully saturated rings. The monoisotopic (exact) mass is 198 g/mol. The number of hydrogen-bond donors (Lipinski definition) is 2. The fraction of sp³-hybridized carbons (Fsp3) is 1.00. The van der Waals surface area contributed by atoms with Crippen LogP contribution >= 0.6 is 0 Å². The van der Waals surface area contributed by atoms with E-state index in [9.17, 15) is 8.42 Å². The first-order chi connectivity index (χ1) is 5.13. The normalized spacial score (nSPS) is 16.1. The molecule has 0 aromatic carbocycles. The van der Waals surface area contributed by atoms with E-state index in [1.165, 1.54) is 0 Å². The summed E-state index contributed by atoms with van der Waals surface area (Å²) in [5, 5.41) is 8.79. The first-order valence-electron chi connectivity index (χ1n) is 3.41. The topological polar surface area (TPSA) is 83.8 Å². The van der Waals surface area contributed by atoms with Gasteiger partial charge in [-0.2, -0.15) is 8.42 Å². The fourth-order valence-corrected chi connectivity index (χ4v) is 0.647. The van der Waals surface area contributed by atoms with Crippen molar-refractivity contribution in [2.75, 3.05) is 6.61 Å². The first-order valence-corrected chi connectivity index (χ1v) is 4.91. The molecule has 0 bridgehead atoms. The molecular weight excluding hydrogens is 184 g/mol. The van der Waals surface area contributed by atoms with Gasteiger partial charge in [-0.15, -0.1) is 0 Å². The molecule has 0 spiro atoms. The van der Waals surface area contributed by atoms with Crippen molar-refractivity contribution in [2.45, 2.75) is 31.8 Å². The molecule has 1 unspecified atom stereocenters. The van der Waals surface area contributed by atoms with E-state index >= 15 is 0 Å². The number of rotatable bonds is 3. The SMILES string of the molecule is CC(C)(C)OCC(O)S(=O)(=O)O. The van der Waals surface area contributed by atoms with Crippen molar-refractivity contribution < 1.29 is 22.8 Å². The van der Waals surface area contributed by atoms with E-state index in [0.29, 0.717) is 0 Å². The maximum Gasteiger partial charge on any atom is 0.294 e. The van der Waals surface area contributed by atoms with Crippen molar-refractivity contribution >= 4 is 10.1 Å². The molecule has 0 aliphatic carbocycles. The Morgan fingerprint density at radius 2 is 1.83 bits per heavy atom. The Morgan fingerprint density at radius 1 is 1.42 bits per heavy atom. The van der Waals surface area contributed by atoms with E-state index in [2.05, 4.69) is 0 Å². The van der Waals surface area contributed by atoms with Gasteiger partial charge in [0.25, 0.3) is 10.1 Å². The zero-order chi connectivity index (χ0) is 9.99. The summed E-state index contributed by atoms with van der Waals surface area (Å²) < 4.78 is 33.8. The molecule has 2 N–H and O–H groups in total. The Balaban J connectivity index is 3.98. The van der Waals surface area contributed by atoms with Crippen molar-refractivity contribution in [3.8, 4) is 0 Å². The Morgan fingerprint density at radius 3 is 2.08 bits per heavy atom. The van der Waals surface area contributed by atoms with Crippen LogP contribution in [-0.4, -0.2) is 35.7 Å². The van der Waals surface area contributed by atoms with Crippen LogP contribution in [0.5, 0.6) is 0 Å². The van der Waals surface area contributed by atoms with Gasteiger partial charge < -0.3 is 9.84 Å². The van der Waals surface area contributed by atoms with Gasteiger partial charge in [-0.1, -0.05) is 0 Å². The van der Waals surface area contributed by atoms with Crippen molar-refractivity contribution in [3.05, 3.63) is 0 Å². The zero-order valence-electron chi connectivity index (χ0n) is 7.31. The lowest BCUT2D eigenvalue weighted by Crippen LogP contribution is -2.31. The number of ether oxygens (including phenoxy) is 1. The molecule has 0 aliphatic rings. The van der Waals surface area contributed by atoms with Gasteiger partial charge in [0.05, 0.1) is 12.2 Å². The molecule has 0 aromatic heterocycles. The highest BCUT2D eigenvalue weighted by molar-refractivity contribution is 7.86. The van der Waals surface area contributed by atoms with E-state index in [4.69, 9.17) is 14.4 Å². The standard InChI is InChI=1S/C6H14O5S/c1-6(2,3)11-4-5(7)12(8,9)10/h5,7H,4H2,1-3H3,(H,8,9,10). The molecule has 0 radical (unpaired) electrons. The summed E-state index contributed by atoms with van der Waals surface area (Å²) in [6.45, 7) is 4.71. The molecule has 6 heteroatoms. The zero-order valence-corrected chi connectivity index (χ0v) is 8.13. The number of hydrogen-bond acceptors (Lipinski definition) is 4. The molecule has 0 aromatic rings. The van der Waals surface area contributed by atoms with Crippen LogP contribution in [-0.2, 0) is 14.9 Å². The maximum absolute atomic E-state index is 10.3. The lowest BCUT2D eigenvalue weighted by Gasteiger charge is -2.20. The number of aliphatic hydroxyl groups is 1. The average molecular weight is 198 g/mol. The van der Waals surface area contributed by atoms with E-state index in [1.807, 2.05) is 0 Å². The highest BCUT2D eigenvalue weighted by Gasteiger charge is 2.22. The molecule has 0 saturated carbocycles. The molecule has 1 atom stereocenters. The van der Waals surface area contributed by atoms with E-state index in [-0.39, 0.29) is 0 Å². The number of aliphatic hydroxyl groups excluding tert-OH is 1. The highest BCUT2D eigenvalue weighted by Crippen LogP contribution is 2.08. The van der Waals surface area contributed by atoms with Crippen LogP contribution in [0.25, 0.3) is 0 Å². The Bertz CT molecular complexity index is 225. The predicted molar refractivity (Wildman–Crippen MR) is 43.3 cm³/mol. The quantitative estimate of drug-likeness (QED) is 0.624. The minimum Gasteiger partial charge on any atom is -0.373 e. The maximum atomic E-state index is 10.3. The fourth-order valence-electron chi connectivity index (χ4n) is 0.407. The molecule has 0 heterocycles. The van der Waals surface area contributed by atoms with Crippen LogP contribution in [0.15, 0.2) is 0 Å². The van der Waals surface area contributed by atoms with Gasteiger partial charge in [-0.3, -0.25) is 4.55 Å². The van der Waals surface area contributed by atoms with Gasteiger partial charge in [-0.05, 0) is 20.8 Å². The highest BCUT2D eigenvalue weighted by atomic mass is 32.2. The molecule has 0 aliphatic heterocycles. The minimum atomic E-state index is -4.39. The molecule has 5 nitrogen and oxygen atoms in total. The smallest absolute Gasteiger partial charge is 0.294 e. The van der Waals surface area contributed by atoms with Gasteiger partial charge in [0.2, 0.25) is 5.44 Å². The van der Waals surface area contributed by atoms with Crippen LogP contribution in [0.2, 0.25) is 0 Å². The van der Waals surface area contributed by atoms with Gasteiger partial charge in [0.1, 0.15) is 0 Å². The molecule has 0 amide bonds. The van der Waals surface area contributed by atoms with Crippen molar-refractivity contribution in [3.63, 3.8) is 0 Å². The third-order valence-electron chi connectivity index (χ3n) is 1.00. The van der Waals surface area contributed by atoms with Crippen molar-refractivity contribution in [1.29, 1.82) is 0 Å². The summed E-state index contributed by atoms with van der Waals surface area (Å²) in [6.07, 6.45) is 0. The second-order valence-electron chi connectivity index (χ2n) is 3.39. The van der Waals surface area contributed by atoms with Crippen molar-refractivity contribution in [2.24, 2.45) is 0 Å². The summed E-state index contributed by atoms with van der Waals surface area (Å²) >= 11 is 0. The van der Waals surface area contributed by atoms with E-state index in [1.54, 1.807) is 20.8 Å². The van der Waals surface area contributed by atoms with E-state index < -0.39 is 27.8 Å². The third-order valence-corrected chi connectivity index (χ3v) is 1.83.